The van der Waals surface area contributed by atoms with Gasteiger partial charge in [0.15, 0.2) is 8.32 Å². The molecule has 0 aliphatic carbocycles. The molecule has 0 aliphatic heterocycles. The predicted molar refractivity (Wildman–Crippen MR) is 167 cm³/mol. The molecule has 1 aromatic carbocycles. The van der Waals surface area contributed by atoms with Gasteiger partial charge in [-0.25, -0.2) is 9.59 Å². The molecule has 2 N–H and O–H groups in total. The van der Waals surface area contributed by atoms with Crippen molar-refractivity contribution in [3.8, 4) is 0 Å². The van der Waals surface area contributed by atoms with Gasteiger partial charge in [-0.1, -0.05) is 20.8 Å². The molecule has 0 radical (unpaired) electrons. The fourth-order valence-electron chi connectivity index (χ4n) is 3.63. The molecule has 1 unspecified atom stereocenters. The lowest BCUT2D eigenvalue weighted by molar-refractivity contribution is -0.118. The smallest absolute Gasteiger partial charge is 0.408 e. The molecule has 1 atom stereocenters. The summed E-state index contributed by atoms with van der Waals surface area (Å²) < 4.78 is 19.0. The number of hydrogen-bond acceptors (Lipinski definition) is 7. The fourth-order valence-corrected chi connectivity index (χ4v) is 4.67. The highest BCUT2D eigenvalue weighted by Crippen LogP contribution is 2.36. The molecular weight excluding hydrogens is 552 g/mol. The van der Waals surface area contributed by atoms with Crippen molar-refractivity contribution in [3.63, 3.8) is 0 Å². The van der Waals surface area contributed by atoms with E-state index in [9.17, 15) is 14.4 Å². The van der Waals surface area contributed by atoms with Crippen LogP contribution in [0.25, 0.3) is 0 Å². The molecule has 0 spiro atoms. The summed E-state index contributed by atoms with van der Waals surface area (Å²) in [7, 11) is -1.89. The number of carbonyl (C=O) groups is 3. The van der Waals surface area contributed by atoms with Crippen LogP contribution in [-0.4, -0.2) is 59.9 Å². The third kappa shape index (κ3) is 11.2. The molecule has 2 amide bonds. The monoisotopic (exact) mass is 602 g/mol. The van der Waals surface area contributed by atoms with E-state index in [1.165, 1.54) is 0 Å². The van der Waals surface area contributed by atoms with E-state index >= 15 is 0 Å². The Hall–Kier alpha value is -3.18. The summed E-state index contributed by atoms with van der Waals surface area (Å²) in [5.41, 5.74) is 1.06. The quantitative estimate of drug-likeness (QED) is 0.244. The van der Waals surface area contributed by atoms with Gasteiger partial charge in [-0.15, -0.1) is 0 Å². The van der Waals surface area contributed by atoms with Crippen LogP contribution < -0.4 is 10.6 Å². The van der Waals surface area contributed by atoms with Crippen molar-refractivity contribution in [1.82, 2.24) is 15.1 Å². The molecule has 0 saturated carbocycles. The first-order chi connectivity index (χ1) is 19.1. The highest BCUT2D eigenvalue weighted by Gasteiger charge is 2.37. The largest absolute Gasteiger partial charge is 0.456 e. The van der Waals surface area contributed by atoms with Gasteiger partial charge in [-0.3, -0.25) is 9.48 Å². The first kappa shape index (κ1) is 35.0. The van der Waals surface area contributed by atoms with Crippen LogP contribution in [0.2, 0.25) is 18.1 Å². The van der Waals surface area contributed by atoms with Gasteiger partial charge in [-0.2, -0.15) is 5.10 Å². The summed E-state index contributed by atoms with van der Waals surface area (Å²) in [6.45, 7) is 24.8. The average molecular weight is 603 g/mol. The van der Waals surface area contributed by atoms with E-state index in [0.717, 1.165) is 5.69 Å². The molecule has 0 aliphatic rings. The van der Waals surface area contributed by atoms with Gasteiger partial charge in [-0.05, 0) is 96.9 Å². The van der Waals surface area contributed by atoms with E-state index in [2.05, 4.69) is 44.5 Å². The Kier molecular flexibility index (Phi) is 11.2. The molecule has 10 nitrogen and oxygen atoms in total. The fraction of sp³-hybridized carbons (Fsp3) is 0.613. The Labute approximate surface area is 252 Å². The third-order valence-corrected chi connectivity index (χ3v) is 11.3. The van der Waals surface area contributed by atoms with Crippen LogP contribution in [0.3, 0.4) is 0 Å². The van der Waals surface area contributed by atoms with Crippen LogP contribution in [0, 0.1) is 6.92 Å². The number of carbonyl (C=O) groups excluding carboxylic acids is 3. The van der Waals surface area contributed by atoms with Crippen molar-refractivity contribution in [3.05, 3.63) is 47.3 Å². The van der Waals surface area contributed by atoms with Crippen molar-refractivity contribution >= 4 is 32.0 Å². The van der Waals surface area contributed by atoms with Crippen LogP contribution in [0.1, 0.15) is 84.1 Å². The van der Waals surface area contributed by atoms with E-state index in [1.807, 2.05) is 17.7 Å². The summed E-state index contributed by atoms with van der Waals surface area (Å²) in [6, 6.07) is 7.33. The molecule has 2 rings (SSSR count). The number of benzene rings is 1. The van der Waals surface area contributed by atoms with E-state index < -0.39 is 43.5 Å². The molecule has 11 heteroatoms. The molecular formula is C31H50N4O6Si. The van der Waals surface area contributed by atoms with E-state index in [0.29, 0.717) is 30.1 Å². The van der Waals surface area contributed by atoms with Gasteiger partial charge in [0.25, 0.3) is 0 Å². The normalized spacial score (nSPS) is 13.3. The number of rotatable bonds is 10. The number of aromatic nitrogens is 2. The molecule has 1 heterocycles. The number of anilines is 1. The maximum Gasteiger partial charge on any atom is 0.408 e. The molecule has 1 aromatic heterocycles. The van der Waals surface area contributed by atoms with E-state index in [1.54, 1.807) is 65.8 Å². The minimum absolute atomic E-state index is 0.112. The Morgan fingerprint density at radius 1 is 0.929 bits per heavy atom. The zero-order valence-electron chi connectivity index (χ0n) is 27.4. The maximum atomic E-state index is 13.4. The van der Waals surface area contributed by atoms with Crippen molar-refractivity contribution < 1.29 is 28.3 Å². The third-order valence-electron chi connectivity index (χ3n) is 6.81. The first-order valence-corrected chi connectivity index (χ1v) is 17.3. The van der Waals surface area contributed by atoms with Gasteiger partial charge in [0.1, 0.15) is 17.2 Å². The van der Waals surface area contributed by atoms with Crippen molar-refractivity contribution in [2.24, 2.45) is 0 Å². The Bertz CT molecular complexity index is 1230. The van der Waals surface area contributed by atoms with Gasteiger partial charge in [0.2, 0.25) is 5.91 Å². The van der Waals surface area contributed by atoms with Gasteiger partial charge >= 0.3 is 12.1 Å². The Balaban J connectivity index is 2.17. The summed E-state index contributed by atoms with van der Waals surface area (Å²) >= 11 is 0. The number of hydrogen-bond donors (Lipinski definition) is 2. The SMILES string of the molecule is Cc1cc(CC(NC(=O)OC(C)(C)C)C(=O)Nc2ccc(C(=O)OC(C)(C)C)cc2)nn1CCO[Si](C)(C)C(C)(C)C. The van der Waals surface area contributed by atoms with Gasteiger partial charge in [0, 0.05) is 17.8 Å². The summed E-state index contributed by atoms with van der Waals surface area (Å²) in [4.78, 5) is 38.3. The van der Waals surface area contributed by atoms with E-state index in [-0.39, 0.29) is 11.5 Å². The van der Waals surface area contributed by atoms with Crippen molar-refractivity contribution in [2.75, 3.05) is 11.9 Å². The molecule has 42 heavy (non-hydrogen) atoms. The number of aryl methyl sites for hydroxylation is 1. The number of esters is 1. The maximum absolute atomic E-state index is 13.4. The predicted octanol–water partition coefficient (Wildman–Crippen LogP) is 6.24. The van der Waals surface area contributed by atoms with Gasteiger partial charge < -0.3 is 24.5 Å². The number of nitrogens with zero attached hydrogens (tertiary/aromatic N) is 2. The number of nitrogens with one attached hydrogen (secondary N) is 2. The van der Waals surface area contributed by atoms with Crippen LogP contribution in [0.4, 0.5) is 10.5 Å². The van der Waals surface area contributed by atoms with Crippen LogP contribution in [0.15, 0.2) is 30.3 Å². The second-order valence-corrected chi connectivity index (χ2v) is 18.9. The van der Waals surface area contributed by atoms with Crippen LogP contribution in [-0.2, 0) is 31.7 Å². The molecule has 234 valence electrons. The molecule has 0 bridgehead atoms. The number of alkyl carbamates (subject to hydrolysis) is 1. The summed E-state index contributed by atoms with van der Waals surface area (Å²) in [6.07, 6.45) is -0.556. The second kappa shape index (κ2) is 13.4. The van der Waals surface area contributed by atoms with Crippen molar-refractivity contribution in [2.45, 2.75) is 118 Å². The standard InChI is InChI=1S/C31H50N4O6Si/c1-21-19-24(34-35(21)17-18-39-42(11,12)31(8,9)10)20-25(33-28(38)41-30(5,6)7)26(36)32-23-15-13-22(14-16-23)27(37)40-29(2,3)4/h13-16,19,25H,17-18,20H2,1-12H3,(H,32,36)(H,33,38). The number of ether oxygens (including phenoxy) is 2. The summed E-state index contributed by atoms with van der Waals surface area (Å²) in [5.74, 6) is -0.898. The second-order valence-electron chi connectivity index (χ2n) is 14.1. The minimum Gasteiger partial charge on any atom is -0.456 e. The Morgan fingerprint density at radius 2 is 1.50 bits per heavy atom. The van der Waals surface area contributed by atoms with Crippen LogP contribution >= 0.6 is 0 Å². The highest BCUT2D eigenvalue weighted by molar-refractivity contribution is 6.74. The highest BCUT2D eigenvalue weighted by atomic mass is 28.4. The minimum atomic E-state index is -1.89. The summed E-state index contributed by atoms with van der Waals surface area (Å²) in [5, 5.41) is 10.3. The topological polar surface area (TPSA) is 121 Å². The average Bonchev–Trinajstić information content (AvgIpc) is 3.14. The lowest BCUT2D eigenvalue weighted by Crippen LogP contribution is -2.47. The van der Waals surface area contributed by atoms with E-state index in [4.69, 9.17) is 19.0 Å². The first-order valence-electron chi connectivity index (χ1n) is 14.4. The zero-order chi connectivity index (χ0) is 32.1. The van der Waals surface area contributed by atoms with Gasteiger partial charge in [0.05, 0.1) is 24.4 Å². The lowest BCUT2D eigenvalue weighted by atomic mass is 10.1. The lowest BCUT2D eigenvalue weighted by Gasteiger charge is -2.36. The van der Waals surface area contributed by atoms with Crippen molar-refractivity contribution in [1.29, 1.82) is 0 Å². The van der Waals surface area contributed by atoms with Crippen LogP contribution in [0.5, 0.6) is 0 Å². The number of amides is 2. The molecule has 2 aromatic rings. The zero-order valence-corrected chi connectivity index (χ0v) is 28.4. The molecule has 0 saturated heterocycles. The Morgan fingerprint density at radius 3 is 2.02 bits per heavy atom. The molecule has 0 fully saturated rings.